The zero-order valence-corrected chi connectivity index (χ0v) is 18.6. The second-order valence-corrected chi connectivity index (χ2v) is 8.27. The Morgan fingerprint density at radius 3 is 2.61 bits per heavy atom. The van der Waals surface area contributed by atoms with Gasteiger partial charge in [-0.15, -0.1) is 0 Å². The molecule has 0 bridgehead atoms. The van der Waals surface area contributed by atoms with Gasteiger partial charge in [0.15, 0.2) is 0 Å². The number of hydrogen-bond acceptors (Lipinski definition) is 8. The third kappa shape index (κ3) is 4.79. The summed E-state index contributed by atoms with van der Waals surface area (Å²) in [6.45, 7) is 1.84. The number of nitrogens with one attached hydrogen (secondary N) is 1. The maximum Gasteiger partial charge on any atom is 0.225 e. The van der Waals surface area contributed by atoms with Gasteiger partial charge in [0.1, 0.15) is 5.75 Å². The lowest BCUT2D eigenvalue weighted by Gasteiger charge is -2.33. The largest absolute Gasteiger partial charge is 0.497 e. The van der Waals surface area contributed by atoms with Crippen LogP contribution in [0.3, 0.4) is 0 Å². The van der Waals surface area contributed by atoms with E-state index in [1.807, 2.05) is 18.2 Å². The van der Waals surface area contributed by atoms with Crippen LogP contribution < -0.4 is 20.7 Å². The van der Waals surface area contributed by atoms with Crippen LogP contribution in [0.5, 0.6) is 5.75 Å². The first-order chi connectivity index (χ1) is 16.2. The number of methoxy groups -OCH3 is 1. The number of piperidine rings is 1. The van der Waals surface area contributed by atoms with Gasteiger partial charge in [0, 0.05) is 55.2 Å². The second-order valence-electron chi connectivity index (χ2n) is 8.27. The molecule has 2 aromatic carbocycles. The number of nitrogens with two attached hydrogens (primary N) is 1. The SMILES string of the molecule is COc1ccc2cc(Cc3ccnc(N)n3)cc(NC3CCN(c4ncccn4)CC3)c2c1. The number of benzene rings is 2. The summed E-state index contributed by atoms with van der Waals surface area (Å²) in [6.07, 6.45) is 8.00. The van der Waals surface area contributed by atoms with Crippen LogP contribution in [0, 0.1) is 0 Å². The molecular weight excluding hydrogens is 414 g/mol. The Morgan fingerprint density at radius 2 is 1.85 bits per heavy atom. The van der Waals surface area contributed by atoms with Crippen molar-refractivity contribution in [2.75, 3.05) is 36.1 Å². The monoisotopic (exact) mass is 441 g/mol. The van der Waals surface area contributed by atoms with Gasteiger partial charge in [0.2, 0.25) is 11.9 Å². The average Bonchev–Trinajstić information content (AvgIpc) is 2.85. The van der Waals surface area contributed by atoms with Crippen LogP contribution >= 0.6 is 0 Å². The van der Waals surface area contributed by atoms with Crippen molar-refractivity contribution in [1.29, 1.82) is 0 Å². The zero-order chi connectivity index (χ0) is 22.6. The molecule has 1 aliphatic heterocycles. The number of ether oxygens (including phenoxy) is 1. The number of anilines is 3. The van der Waals surface area contributed by atoms with Crippen LogP contribution in [-0.4, -0.2) is 46.2 Å². The second kappa shape index (κ2) is 9.28. The molecule has 0 saturated carbocycles. The molecule has 8 nitrogen and oxygen atoms in total. The minimum Gasteiger partial charge on any atom is -0.497 e. The van der Waals surface area contributed by atoms with E-state index in [1.165, 1.54) is 5.56 Å². The molecular formula is C25H27N7O. The third-order valence-electron chi connectivity index (χ3n) is 6.03. The molecule has 3 N–H and O–H groups in total. The molecule has 2 aromatic heterocycles. The number of rotatable bonds is 6. The fraction of sp³-hybridized carbons (Fsp3) is 0.280. The maximum absolute atomic E-state index is 5.78. The van der Waals surface area contributed by atoms with Crippen molar-refractivity contribution in [3.8, 4) is 5.75 Å². The van der Waals surface area contributed by atoms with Crippen LogP contribution in [0.4, 0.5) is 17.6 Å². The number of hydrogen-bond donors (Lipinski definition) is 2. The highest BCUT2D eigenvalue weighted by molar-refractivity contribution is 5.95. The smallest absolute Gasteiger partial charge is 0.225 e. The lowest BCUT2D eigenvalue weighted by Crippen LogP contribution is -2.40. The summed E-state index contributed by atoms with van der Waals surface area (Å²) in [5.41, 5.74) is 8.96. The number of nitrogen functional groups attached to an aromatic ring is 1. The van der Waals surface area contributed by atoms with Crippen molar-refractivity contribution in [1.82, 2.24) is 19.9 Å². The van der Waals surface area contributed by atoms with Crippen LogP contribution in [0.2, 0.25) is 0 Å². The van der Waals surface area contributed by atoms with Gasteiger partial charge < -0.3 is 20.7 Å². The summed E-state index contributed by atoms with van der Waals surface area (Å²) in [4.78, 5) is 19.4. The quantitative estimate of drug-likeness (QED) is 0.467. The number of fused-ring (bicyclic) bond motifs is 1. The Labute approximate surface area is 192 Å². The van der Waals surface area contributed by atoms with E-state index in [2.05, 4.69) is 54.4 Å². The van der Waals surface area contributed by atoms with Crippen LogP contribution in [0.25, 0.3) is 10.8 Å². The first-order valence-electron chi connectivity index (χ1n) is 11.1. The lowest BCUT2D eigenvalue weighted by molar-refractivity contribution is 0.415. The number of aromatic nitrogens is 4. The predicted octanol–water partition coefficient (Wildman–Crippen LogP) is 3.68. The third-order valence-corrected chi connectivity index (χ3v) is 6.03. The van der Waals surface area contributed by atoms with E-state index in [0.717, 1.165) is 59.8 Å². The molecule has 4 aromatic rings. The summed E-state index contributed by atoms with van der Waals surface area (Å²) in [5, 5.41) is 6.11. The Hall–Kier alpha value is -3.94. The molecule has 1 fully saturated rings. The molecule has 3 heterocycles. The van der Waals surface area contributed by atoms with E-state index in [4.69, 9.17) is 10.5 Å². The first-order valence-corrected chi connectivity index (χ1v) is 11.1. The molecule has 0 amide bonds. The molecule has 168 valence electrons. The summed E-state index contributed by atoms with van der Waals surface area (Å²) in [7, 11) is 1.70. The van der Waals surface area contributed by atoms with Crippen molar-refractivity contribution >= 4 is 28.4 Å². The van der Waals surface area contributed by atoms with Crippen LogP contribution in [-0.2, 0) is 6.42 Å². The molecule has 1 saturated heterocycles. The van der Waals surface area contributed by atoms with Gasteiger partial charge in [-0.2, -0.15) is 0 Å². The maximum atomic E-state index is 5.78. The summed E-state index contributed by atoms with van der Waals surface area (Å²) < 4.78 is 5.49. The predicted molar refractivity (Wildman–Crippen MR) is 131 cm³/mol. The highest BCUT2D eigenvalue weighted by Gasteiger charge is 2.21. The first kappa shape index (κ1) is 20.9. The van der Waals surface area contributed by atoms with Crippen molar-refractivity contribution < 1.29 is 4.74 Å². The molecule has 33 heavy (non-hydrogen) atoms. The van der Waals surface area contributed by atoms with E-state index < -0.39 is 0 Å². The number of nitrogens with zero attached hydrogens (tertiary/aromatic N) is 5. The Bertz CT molecular complexity index is 1240. The van der Waals surface area contributed by atoms with Gasteiger partial charge in [-0.05, 0) is 54.1 Å². The van der Waals surface area contributed by atoms with Crippen LogP contribution in [0.15, 0.2) is 61.1 Å². The molecule has 0 atom stereocenters. The van der Waals surface area contributed by atoms with E-state index in [9.17, 15) is 0 Å². The van der Waals surface area contributed by atoms with Crippen molar-refractivity contribution in [2.45, 2.75) is 25.3 Å². The molecule has 1 aliphatic rings. The normalized spacial score (nSPS) is 14.4. The Balaban J connectivity index is 1.39. The van der Waals surface area contributed by atoms with E-state index >= 15 is 0 Å². The van der Waals surface area contributed by atoms with Gasteiger partial charge in [-0.3, -0.25) is 0 Å². The highest BCUT2D eigenvalue weighted by Crippen LogP contribution is 2.32. The Morgan fingerprint density at radius 1 is 1.03 bits per heavy atom. The topological polar surface area (TPSA) is 102 Å². The lowest BCUT2D eigenvalue weighted by atomic mass is 9.99. The summed E-state index contributed by atoms with van der Waals surface area (Å²) in [5.74, 6) is 1.95. The summed E-state index contributed by atoms with van der Waals surface area (Å²) in [6, 6.07) is 14.7. The molecule has 0 radical (unpaired) electrons. The fourth-order valence-corrected chi connectivity index (χ4v) is 4.37. The molecule has 8 heteroatoms. The van der Waals surface area contributed by atoms with Gasteiger partial charge >= 0.3 is 0 Å². The van der Waals surface area contributed by atoms with E-state index in [-0.39, 0.29) is 0 Å². The van der Waals surface area contributed by atoms with Gasteiger partial charge in [-0.1, -0.05) is 12.1 Å². The fourth-order valence-electron chi connectivity index (χ4n) is 4.37. The van der Waals surface area contributed by atoms with Crippen molar-refractivity contribution in [3.05, 3.63) is 72.3 Å². The van der Waals surface area contributed by atoms with E-state index in [1.54, 1.807) is 25.7 Å². The van der Waals surface area contributed by atoms with Crippen molar-refractivity contribution in [2.24, 2.45) is 0 Å². The molecule has 5 rings (SSSR count). The van der Waals surface area contributed by atoms with Gasteiger partial charge in [0.05, 0.1) is 12.8 Å². The molecule has 0 spiro atoms. The van der Waals surface area contributed by atoms with Gasteiger partial charge in [0.25, 0.3) is 0 Å². The van der Waals surface area contributed by atoms with E-state index in [0.29, 0.717) is 18.4 Å². The summed E-state index contributed by atoms with van der Waals surface area (Å²) >= 11 is 0. The average molecular weight is 442 g/mol. The molecule has 0 unspecified atom stereocenters. The van der Waals surface area contributed by atoms with Gasteiger partial charge in [-0.25, -0.2) is 19.9 Å². The minimum atomic E-state index is 0.297. The van der Waals surface area contributed by atoms with Crippen LogP contribution in [0.1, 0.15) is 24.1 Å². The van der Waals surface area contributed by atoms with Crippen molar-refractivity contribution in [3.63, 3.8) is 0 Å². The standard InChI is InChI=1S/C25H27N7O/c1-33-21-4-3-18-13-17(14-20-5-10-27-24(26)31-20)15-23(22(18)16-21)30-19-6-11-32(12-7-19)25-28-8-2-9-29-25/h2-5,8-10,13,15-16,19,30H,6-7,11-12,14H2,1H3,(H2,26,27,31). The molecule has 0 aliphatic carbocycles. The minimum absolute atomic E-state index is 0.297. The highest BCUT2D eigenvalue weighted by atomic mass is 16.5. The zero-order valence-electron chi connectivity index (χ0n) is 18.6. The Kier molecular flexibility index (Phi) is 5.89.